The van der Waals surface area contributed by atoms with E-state index in [-0.39, 0.29) is 11.3 Å². The quantitative estimate of drug-likeness (QED) is 0.680. The van der Waals surface area contributed by atoms with Crippen molar-refractivity contribution in [2.45, 2.75) is 39.2 Å². The number of amides is 1. The highest BCUT2D eigenvalue weighted by Gasteiger charge is 2.29. The molecule has 0 aliphatic carbocycles. The fourth-order valence-electron chi connectivity index (χ4n) is 3.08. The summed E-state index contributed by atoms with van der Waals surface area (Å²) >= 11 is 0. The summed E-state index contributed by atoms with van der Waals surface area (Å²) in [5.41, 5.74) is 2.33. The van der Waals surface area contributed by atoms with E-state index in [1.54, 1.807) is 6.20 Å². The van der Waals surface area contributed by atoms with Gasteiger partial charge < -0.3 is 9.32 Å². The molecule has 5 nitrogen and oxygen atoms in total. The monoisotopic (exact) mass is 335 g/mol. The SMILES string of the molecule is CC(C)(C)c1nc2c(o1)CCN(C(=O)c1ccc3ncccc3c1)C2. The van der Waals surface area contributed by atoms with Gasteiger partial charge in [0.1, 0.15) is 11.5 Å². The van der Waals surface area contributed by atoms with E-state index >= 15 is 0 Å². The van der Waals surface area contributed by atoms with Gasteiger partial charge in [-0.15, -0.1) is 0 Å². The minimum atomic E-state index is -0.127. The van der Waals surface area contributed by atoms with E-state index in [0.717, 1.165) is 28.2 Å². The Kier molecular flexibility index (Phi) is 3.60. The zero-order valence-electron chi connectivity index (χ0n) is 14.7. The Morgan fingerprint density at radius 2 is 2.08 bits per heavy atom. The molecule has 3 heterocycles. The predicted octanol–water partition coefficient (Wildman–Crippen LogP) is 3.72. The molecule has 0 radical (unpaired) electrons. The molecule has 0 unspecified atom stereocenters. The highest BCUT2D eigenvalue weighted by Crippen LogP contribution is 2.28. The van der Waals surface area contributed by atoms with Crippen molar-refractivity contribution in [3.8, 4) is 0 Å². The van der Waals surface area contributed by atoms with E-state index < -0.39 is 0 Å². The molecule has 0 fully saturated rings. The first kappa shape index (κ1) is 15.8. The molecular weight excluding hydrogens is 314 g/mol. The Hall–Kier alpha value is -2.69. The van der Waals surface area contributed by atoms with Gasteiger partial charge in [-0.1, -0.05) is 26.8 Å². The van der Waals surface area contributed by atoms with E-state index in [2.05, 4.69) is 30.7 Å². The zero-order chi connectivity index (χ0) is 17.6. The van der Waals surface area contributed by atoms with Gasteiger partial charge in [-0.3, -0.25) is 9.78 Å². The number of carbonyl (C=O) groups is 1. The van der Waals surface area contributed by atoms with Crippen molar-refractivity contribution in [1.29, 1.82) is 0 Å². The number of carbonyl (C=O) groups excluding carboxylic acids is 1. The number of fused-ring (bicyclic) bond motifs is 2. The first-order valence-electron chi connectivity index (χ1n) is 8.55. The Morgan fingerprint density at radius 3 is 2.88 bits per heavy atom. The van der Waals surface area contributed by atoms with Crippen LogP contribution in [0.2, 0.25) is 0 Å². The maximum Gasteiger partial charge on any atom is 0.254 e. The minimum absolute atomic E-state index is 0.0247. The van der Waals surface area contributed by atoms with Crippen LogP contribution in [0.4, 0.5) is 0 Å². The van der Waals surface area contributed by atoms with Crippen LogP contribution in [0.5, 0.6) is 0 Å². The second kappa shape index (κ2) is 5.69. The summed E-state index contributed by atoms with van der Waals surface area (Å²) in [7, 11) is 0. The van der Waals surface area contributed by atoms with Gasteiger partial charge in [0, 0.05) is 35.5 Å². The Labute approximate surface area is 146 Å². The molecule has 1 aliphatic heterocycles. The Bertz CT molecular complexity index is 953. The number of aromatic nitrogens is 2. The number of pyridine rings is 1. The smallest absolute Gasteiger partial charge is 0.254 e. The molecule has 4 rings (SSSR count). The lowest BCUT2D eigenvalue weighted by molar-refractivity contribution is 0.0728. The number of benzene rings is 1. The van der Waals surface area contributed by atoms with Gasteiger partial charge in [-0.25, -0.2) is 4.98 Å². The van der Waals surface area contributed by atoms with Crippen LogP contribution in [-0.2, 0) is 18.4 Å². The topological polar surface area (TPSA) is 59.2 Å². The molecule has 1 amide bonds. The Morgan fingerprint density at radius 1 is 1.24 bits per heavy atom. The number of rotatable bonds is 1. The third-order valence-corrected chi connectivity index (χ3v) is 4.51. The fraction of sp³-hybridized carbons (Fsp3) is 0.350. The van der Waals surface area contributed by atoms with Crippen molar-refractivity contribution in [2.75, 3.05) is 6.54 Å². The maximum atomic E-state index is 12.9. The molecular formula is C20H21N3O2. The van der Waals surface area contributed by atoms with Crippen LogP contribution in [0.25, 0.3) is 10.9 Å². The summed E-state index contributed by atoms with van der Waals surface area (Å²) in [5.74, 6) is 1.68. The molecule has 0 bridgehead atoms. The normalized spacial score (nSPS) is 14.6. The molecule has 128 valence electrons. The van der Waals surface area contributed by atoms with E-state index in [4.69, 9.17) is 4.42 Å². The molecule has 1 aromatic carbocycles. The van der Waals surface area contributed by atoms with Gasteiger partial charge in [0.2, 0.25) is 0 Å². The second-order valence-corrected chi connectivity index (χ2v) is 7.53. The largest absolute Gasteiger partial charge is 0.445 e. The predicted molar refractivity (Wildman–Crippen MR) is 95.4 cm³/mol. The maximum absolute atomic E-state index is 12.9. The molecule has 25 heavy (non-hydrogen) atoms. The summed E-state index contributed by atoms with van der Waals surface area (Å²) in [6.07, 6.45) is 2.46. The number of hydrogen-bond acceptors (Lipinski definition) is 4. The lowest BCUT2D eigenvalue weighted by Gasteiger charge is -2.25. The molecule has 0 saturated carbocycles. The standard InChI is InChI=1S/C20H21N3O2/c1-20(2,3)19-22-16-12-23(10-8-17(16)25-19)18(24)14-6-7-15-13(11-14)5-4-9-21-15/h4-7,9,11H,8,10,12H2,1-3H3. The van der Waals surface area contributed by atoms with Crippen molar-refractivity contribution in [3.05, 3.63) is 59.4 Å². The summed E-state index contributed by atoms with van der Waals surface area (Å²) < 4.78 is 5.90. The first-order chi connectivity index (χ1) is 11.9. The lowest BCUT2D eigenvalue weighted by atomic mass is 9.97. The summed E-state index contributed by atoms with van der Waals surface area (Å²) in [4.78, 5) is 23.7. The molecule has 2 aromatic heterocycles. The molecule has 3 aromatic rings. The van der Waals surface area contributed by atoms with Crippen LogP contribution in [0, 0.1) is 0 Å². The van der Waals surface area contributed by atoms with E-state index in [9.17, 15) is 4.79 Å². The van der Waals surface area contributed by atoms with Gasteiger partial charge in [0.25, 0.3) is 5.91 Å². The van der Waals surface area contributed by atoms with Crippen LogP contribution in [0.1, 0.15) is 48.5 Å². The van der Waals surface area contributed by atoms with Crippen molar-refractivity contribution in [2.24, 2.45) is 0 Å². The molecule has 0 N–H and O–H groups in total. The minimum Gasteiger partial charge on any atom is -0.445 e. The highest BCUT2D eigenvalue weighted by molar-refractivity contribution is 5.98. The van der Waals surface area contributed by atoms with Gasteiger partial charge in [-0.2, -0.15) is 0 Å². The van der Waals surface area contributed by atoms with Crippen LogP contribution in [0.15, 0.2) is 40.9 Å². The molecule has 0 spiro atoms. The van der Waals surface area contributed by atoms with E-state index in [1.807, 2.05) is 35.2 Å². The number of oxazole rings is 1. The van der Waals surface area contributed by atoms with Crippen molar-refractivity contribution >= 4 is 16.8 Å². The van der Waals surface area contributed by atoms with Gasteiger partial charge in [-0.05, 0) is 24.3 Å². The fourth-order valence-corrected chi connectivity index (χ4v) is 3.08. The number of nitrogens with zero attached hydrogens (tertiary/aromatic N) is 3. The van der Waals surface area contributed by atoms with Gasteiger partial charge >= 0.3 is 0 Å². The Balaban J connectivity index is 1.60. The van der Waals surface area contributed by atoms with Gasteiger partial charge in [0.15, 0.2) is 5.89 Å². The van der Waals surface area contributed by atoms with E-state index in [0.29, 0.717) is 25.1 Å². The third-order valence-electron chi connectivity index (χ3n) is 4.51. The van der Waals surface area contributed by atoms with Crippen LogP contribution < -0.4 is 0 Å². The van der Waals surface area contributed by atoms with Crippen LogP contribution in [-0.4, -0.2) is 27.3 Å². The molecule has 1 aliphatic rings. The van der Waals surface area contributed by atoms with E-state index in [1.165, 1.54) is 0 Å². The van der Waals surface area contributed by atoms with Crippen molar-refractivity contribution in [1.82, 2.24) is 14.9 Å². The van der Waals surface area contributed by atoms with Gasteiger partial charge in [0.05, 0.1) is 12.1 Å². The summed E-state index contributed by atoms with van der Waals surface area (Å²) in [5, 5.41) is 0.975. The number of hydrogen-bond donors (Lipinski definition) is 0. The van der Waals surface area contributed by atoms with Crippen molar-refractivity contribution < 1.29 is 9.21 Å². The average molecular weight is 335 g/mol. The van der Waals surface area contributed by atoms with Crippen LogP contribution in [0.3, 0.4) is 0 Å². The summed E-state index contributed by atoms with van der Waals surface area (Å²) in [6.45, 7) is 7.39. The third kappa shape index (κ3) is 2.90. The lowest BCUT2D eigenvalue weighted by Crippen LogP contribution is -2.35. The molecule has 0 atom stereocenters. The molecule has 5 heteroatoms. The molecule has 0 saturated heterocycles. The van der Waals surface area contributed by atoms with Crippen molar-refractivity contribution in [3.63, 3.8) is 0 Å². The highest BCUT2D eigenvalue weighted by atomic mass is 16.4. The zero-order valence-corrected chi connectivity index (χ0v) is 14.7. The second-order valence-electron chi connectivity index (χ2n) is 7.53. The summed E-state index contributed by atoms with van der Waals surface area (Å²) in [6, 6.07) is 9.50. The average Bonchev–Trinajstić information content (AvgIpc) is 3.04. The first-order valence-corrected chi connectivity index (χ1v) is 8.55. The van der Waals surface area contributed by atoms with Crippen LogP contribution >= 0.6 is 0 Å².